The van der Waals surface area contributed by atoms with Gasteiger partial charge in [-0.2, -0.15) is 8.42 Å². The molecule has 1 aromatic carbocycles. The van der Waals surface area contributed by atoms with Gasteiger partial charge in [0.05, 0.1) is 11.0 Å². The van der Waals surface area contributed by atoms with E-state index in [2.05, 4.69) is 0 Å². The molecule has 19 heavy (non-hydrogen) atoms. The van der Waals surface area contributed by atoms with Crippen LogP contribution in [-0.2, 0) is 19.1 Å². The fourth-order valence-electron chi connectivity index (χ4n) is 2.08. The molecule has 1 aliphatic heterocycles. The van der Waals surface area contributed by atoms with Crippen molar-refractivity contribution in [1.29, 1.82) is 0 Å². The van der Waals surface area contributed by atoms with E-state index in [-0.39, 0.29) is 4.90 Å². The highest BCUT2D eigenvalue weighted by Crippen LogP contribution is 2.19. The van der Waals surface area contributed by atoms with Crippen molar-refractivity contribution < 1.29 is 17.4 Å². The van der Waals surface area contributed by atoms with Gasteiger partial charge in [-0.3, -0.25) is 8.98 Å². The maximum Gasteiger partial charge on any atom is 0.297 e. The molecule has 0 N–H and O–H groups in total. The van der Waals surface area contributed by atoms with E-state index in [1.54, 1.807) is 17.0 Å². The van der Waals surface area contributed by atoms with E-state index < -0.39 is 16.2 Å². The van der Waals surface area contributed by atoms with Crippen molar-refractivity contribution in [2.24, 2.45) is 0 Å². The second kappa shape index (κ2) is 5.71. The summed E-state index contributed by atoms with van der Waals surface area (Å²) in [6, 6.07) is 6.53. The lowest BCUT2D eigenvalue weighted by atomic mass is 10.1. The molecule has 6 heteroatoms. The molecule has 1 aliphatic rings. The van der Waals surface area contributed by atoms with Crippen molar-refractivity contribution in [3.8, 4) is 0 Å². The van der Waals surface area contributed by atoms with Crippen molar-refractivity contribution in [3.63, 3.8) is 0 Å². The Morgan fingerprint density at radius 3 is 2.63 bits per heavy atom. The van der Waals surface area contributed by atoms with Gasteiger partial charge in [0, 0.05) is 13.1 Å². The third-order valence-electron chi connectivity index (χ3n) is 3.13. The van der Waals surface area contributed by atoms with Gasteiger partial charge >= 0.3 is 0 Å². The first-order chi connectivity index (χ1) is 9.01. The van der Waals surface area contributed by atoms with Crippen LogP contribution in [0.15, 0.2) is 29.2 Å². The van der Waals surface area contributed by atoms with Gasteiger partial charge in [-0.05, 0) is 31.9 Å². The van der Waals surface area contributed by atoms with Crippen LogP contribution >= 0.6 is 0 Å². The number of piperidine rings is 1. The van der Waals surface area contributed by atoms with E-state index in [1.807, 2.05) is 6.92 Å². The average Bonchev–Trinajstić information content (AvgIpc) is 2.39. The molecular weight excluding hydrogens is 266 g/mol. The summed E-state index contributed by atoms with van der Waals surface area (Å²) < 4.78 is 29.4. The second-order valence-corrected chi connectivity index (χ2v) is 6.30. The molecule has 0 bridgehead atoms. The molecule has 0 aromatic heterocycles. The molecule has 0 spiro atoms. The van der Waals surface area contributed by atoms with Crippen LogP contribution < -0.4 is 0 Å². The van der Waals surface area contributed by atoms with Crippen molar-refractivity contribution in [1.82, 2.24) is 4.90 Å². The maximum absolute atomic E-state index is 12.1. The third kappa shape index (κ3) is 3.54. The molecule has 0 aliphatic carbocycles. The highest BCUT2D eigenvalue weighted by atomic mass is 32.2. The first-order valence-corrected chi connectivity index (χ1v) is 7.61. The van der Waals surface area contributed by atoms with Crippen LogP contribution in [0.25, 0.3) is 0 Å². The average molecular weight is 283 g/mol. The summed E-state index contributed by atoms with van der Waals surface area (Å²) in [4.78, 5) is 12.4. The molecule has 1 saturated heterocycles. The lowest BCUT2D eigenvalue weighted by Gasteiger charge is -2.29. The maximum atomic E-state index is 12.1. The van der Waals surface area contributed by atoms with Gasteiger partial charge in [0.15, 0.2) is 0 Å². The molecule has 104 valence electrons. The van der Waals surface area contributed by atoms with Crippen molar-refractivity contribution >= 4 is 16.5 Å². The standard InChI is InChI=1S/C13H17NO4S/c1-11-4-6-13(7-5-11)19(16,17)18-12-3-2-8-14(9-12)10-15/h4-7,10,12H,2-3,8-9H2,1H3. The summed E-state index contributed by atoms with van der Waals surface area (Å²) in [5.74, 6) is 0. The van der Waals surface area contributed by atoms with Gasteiger partial charge in [-0.1, -0.05) is 17.7 Å². The predicted molar refractivity (Wildman–Crippen MR) is 70.1 cm³/mol. The monoisotopic (exact) mass is 283 g/mol. The molecular formula is C13H17NO4S. The topological polar surface area (TPSA) is 63.7 Å². The third-order valence-corrected chi connectivity index (χ3v) is 4.51. The van der Waals surface area contributed by atoms with E-state index in [1.165, 1.54) is 12.1 Å². The number of hydrogen-bond acceptors (Lipinski definition) is 4. The Morgan fingerprint density at radius 2 is 2.00 bits per heavy atom. The summed E-state index contributed by atoms with van der Waals surface area (Å²) in [5, 5.41) is 0. The van der Waals surface area contributed by atoms with E-state index in [9.17, 15) is 13.2 Å². The number of benzene rings is 1. The molecule has 1 fully saturated rings. The number of hydrogen-bond donors (Lipinski definition) is 0. The van der Waals surface area contributed by atoms with Crippen LogP contribution in [0.2, 0.25) is 0 Å². The summed E-state index contributed by atoms with van der Waals surface area (Å²) in [5.41, 5.74) is 0.990. The SMILES string of the molecule is Cc1ccc(S(=O)(=O)OC2CCCN(C=O)C2)cc1. The van der Waals surface area contributed by atoms with Gasteiger partial charge in [0.2, 0.25) is 6.41 Å². The van der Waals surface area contributed by atoms with E-state index in [4.69, 9.17) is 4.18 Å². The Morgan fingerprint density at radius 1 is 1.32 bits per heavy atom. The van der Waals surface area contributed by atoms with Crippen LogP contribution in [0.5, 0.6) is 0 Å². The Bertz CT molecular complexity index is 538. The number of likely N-dealkylation sites (tertiary alicyclic amines) is 1. The summed E-state index contributed by atoms with van der Waals surface area (Å²) in [7, 11) is -3.75. The normalized spacial score (nSPS) is 20.3. The number of carbonyl (C=O) groups is 1. The highest BCUT2D eigenvalue weighted by molar-refractivity contribution is 7.86. The molecule has 1 unspecified atom stereocenters. The van der Waals surface area contributed by atoms with Crippen LogP contribution in [0.3, 0.4) is 0 Å². The quantitative estimate of drug-likeness (QED) is 0.617. The molecule has 1 amide bonds. The smallest absolute Gasteiger partial charge is 0.297 e. The number of aryl methyl sites for hydroxylation is 1. The number of nitrogens with zero attached hydrogens (tertiary/aromatic N) is 1. The minimum atomic E-state index is -3.75. The zero-order valence-corrected chi connectivity index (χ0v) is 11.6. The van der Waals surface area contributed by atoms with Gasteiger partial charge < -0.3 is 4.90 Å². The van der Waals surface area contributed by atoms with E-state index in [0.29, 0.717) is 19.5 Å². The van der Waals surface area contributed by atoms with Crippen LogP contribution in [-0.4, -0.2) is 38.9 Å². The summed E-state index contributed by atoms with van der Waals surface area (Å²) in [6.07, 6.45) is 1.68. The van der Waals surface area contributed by atoms with Crippen molar-refractivity contribution in [2.75, 3.05) is 13.1 Å². The number of rotatable bonds is 4. The second-order valence-electron chi connectivity index (χ2n) is 4.73. The van der Waals surface area contributed by atoms with Gasteiger partial charge in [-0.25, -0.2) is 0 Å². The number of carbonyl (C=O) groups excluding carboxylic acids is 1. The molecule has 5 nitrogen and oxygen atoms in total. The minimum absolute atomic E-state index is 0.154. The summed E-state index contributed by atoms with van der Waals surface area (Å²) >= 11 is 0. The molecule has 0 radical (unpaired) electrons. The van der Waals surface area contributed by atoms with Gasteiger partial charge in [0.1, 0.15) is 0 Å². The van der Waals surface area contributed by atoms with Crippen molar-refractivity contribution in [2.45, 2.75) is 30.8 Å². The molecule has 2 rings (SSSR count). The minimum Gasteiger partial charge on any atom is -0.343 e. The summed E-state index contributed by atoms with van der Waals surface area (Å²) in [6.45, 7) is 2.88. The predicted octanol–water partition coefficient (Wildman–Crippen LogP) is 1.32. The van der Waals surface area contributed by atoms with Crippen LogP contribution in [0.1, 0.15) is 18.4 Å². The molecule has 0 saturated carbocycles. The lowest BCUT2D eigenvalue weighted by Crippen LogP contribution is -2.39. The Labute approximate surface area is 113 Å². The Hall–Kier alpha value is -1.40. The fourth-order valence-corrected chi connectivity index (χ4v) is 3.18. The highest BCUT2D eigenvalue weighted by Gasteiger charge is 2.26. The lowest BCUT2D eigenvalue weighted by molar-refractivity contribution is -0.120. The van der Waals surface area contributed by atoms with Gasteiger partial charge in [-0.15, -0.1) is 0 Å². The zero-order chi connectivity index (χ0) is 13.9. The first kappa shape index (κ1) is 14.0. The first-order valence-electron chi connectivity index (χ1n) is 6.20. The molecule has 1 atom stereocenters. The van der Waals surface area contributed by atoms with E-state index >= 15 is 0 Å². The number of amides is 1. The van der Waals surface area contributed by atoms with Crippen molar-refractivity contribution in [3.05, 3.63) is 29.8 Å². The largest absolute Gasteiger partial charge is 0.343 e. The molecule has 1 aromatic rings. The molecule has 1 heterocycles. The van der Waals surface area contributed by atoms with Crippen LogP contribution in [0, 0.1) is 6.92 Å². The fraction of sp³-hybridized carbons (Fsp3) is 0.462. The Balaban J connectivity index is 2.08. The zero-order valence-electron chi connectivity index (χ0n) is 10.8. The van der Waals surface area contributed by atoms with E-state index in [0.717, 1.165) is 18.4 Å². The van der Waals surface area contributed by atoms with Gasteiger partial charge in [0.25, 0.3) is 10.1 Å². The van der Waals surface area contributed by atoms with Crippen LogP contribution in [0.4, 0.5) is 0 Å². The Kier molecular flexibility index (Phi) is 4.21.